The minimum atomic E-state index is -3.58. The van der Waals surface area contributed by atoms with Gasteiger partial charge in [0.2, 0.25) is 10.0 Å². The number of nitrogens with one attached hydrogen (secondary N) is 1. The van der Waals surface area contributed by atoms with Crippen molar-refractivity contribution in [3.05, 3.63) is 28.8 Å². The number of halogens is 1. The van der Waals surface area contributed by atoms with Crippen LogP contribution in [0.2, 0.25) is 5.02 Å². The molecular formula is C12H19ClN2O2S. The van der Waals surface area contributed by atoms with E-state index in [2.05, 4.69) is 4.72 Å². The summed E-state index contributed by atoms with van der Waals surface area (Å²) < 4.78 is 26.9. The Morgan fingerprint density at radius 2 is 1.94 bits per heavy atom. The molecule has 1 rings (SSSR count). The molecule has 0 heterocycles. The van der Waals surface area contributed by atoms with Gasteiger partial charge in [-0.25, -0.2) is 13.1 Å². The van der Waals surface area contributed by atoms with Crippen LogP contribution in [0.15, 0.2) is 23.1 Å². The van der Waals surface area contributed by atoms with Gasteiger partial charge in [0.1, 0.15) is 4.90 Å². The fourth-order valence-corrected chi connectivity index (χ4v) is 3.29. The Morgan fingerprint density at radius 1 is 1.33 bits per heavy atom. The molecule has 0 bridgehead atoms. The molecule has 0 amide bonds. The molecule has 18 heavy (non-hydrogen) atoms. The predicted molar refractivity (Wildman–Crippen MR) is 74.0 cm³/mol. The first-order valence-corrected chi connectivity index (χ1v) is 7.65. The Bertz CT molecular complexity index is 515. The molecule has 1 aromatic carbocycles. The van der Waals surface area contributed by atoms with E-state index in [1.165, 1.54) is 6.07 Å². The standard InChI is InChI=1S/C12H19ClN2O2S/c1-8(2)9(3)15-18(16,17)12-5-4-10(7-14)6-11(12)13/h4-6,8-9,15H,7,14H2,1-3H3. The van der Waals surface area contributed by atoms with Crippen molar-refractivity contribution in [1.82, 2.24) is 4.72 Å². The molecule has 1 aromatic rings. The second kappa shape index (κ2) is 6.02. The van der Waals surface area contributed by atoms with Gasteiger partial charge in [0.15, 0.2) is 0 Å². The number of sulfonamides is 1. The van der Waals surface area contributed by atoms with E-state index < -0.39 is 10.0 Å². The second-order valence-corrected chi connectivity index (χ2v) is 6.71. The molecule has 3 N–H and O–H groups in total. The summed E-state index contributed by atoms with van der Waals surface area (Å²) in [6.07, 6.45) is 0. The van der Waals surface area contributed by atoms with Crippen LogP contribution in [0.25, 0.3) is 0 Å². The summed E-state index contributed by atoms with van der Waals surface area (Å²) in [6, 6.07) is 4.58. The first-order valence-electron chi connectivity index (χ1n) is 5.78. The van der Waals surface area contributed by atoms with Crippen molar-refractivity contribution < 1.29 is 8.42 Å². The van der Waals surface area contributed by atoms with Crippen LogP contribution in [0.4, 0.5) is 0 Å². The molecule has 0 aliphatic heterocycles. The van der Waals surface area contributed by atoms with Crippen LogP contribution in [0.1, 0.15) is 26.3 Å². The van der Waals surface area contributed by atoms with Crippen LogP contribution in [-0.2, 0) is 16.6 Å². The first kappa shape index (κ1) is 15.4. The molecule has 0 saturated carbocycles. The lowest BCUT2D eigenvalue weighted by Crippen LogP contribution is -2.36. The molecule has 1 unspecified atom stereocenters. The molecule has 0 saturated heterocycles. The third-order valence-electron chi connectivity index (χ3n) is 2.86. The van der Waals surface area contributed by atoms with E-state index in [0.29, 0.717) is 6.54 Å². The summed E-state index contributed by atoms with van der Waals surface area (Å²) >= 11 is 5.98. The lowest BCUT2D eigenvalue weighted by Gasteiger charge is -2.18. The van der Waals surface area contributed by atoms with Crippen LogP contribution in [-0.4, -0.2) is 14.5 Å². The highest BCUT2D eigenvalue weighted by atomic mass is 35.5. The third-order valence-corrected chi connectivity index (χ3v) is 4.90. The quantitative estimate of drug-likeness (QED) is 0.872. The summed E-state index contributed by atoms with van der Waals surface area (Å²) in [7, 11) is -3.58. The molecule has 0 aliphatic carbocycles. The SMILES string of the molecule is CC(C)C(C)NS(=O)(=O)c1ccc(CN)cc1Cl. The monoisotopic (exact) mass is 290 g/mol. The van der Waals surface area contributed by atoms with Gasteiger partial charge in [-0.1, -0.05) is 31.5 Å². The van der Waals surface area contributed by atoms with Crippen LogP contribution < -0.4 is 10.5 Å². The lowest BCUT2D eigenvalue weighted by molar-refractivity contribution is 0.476. The maximum atomic E-state index is 12.1. The highest BCUT2D eigenvalue weighted by molar-refractivity contribution is 7.89. The second-order valence-electron chi connectivity index (χ2n) is 4.62. The summed E-state index contributed by atoms with van der Waals surface area (Å²) in [5, 5.41) is 0.196. The van der Waals surface area contributed by atoms with Crippen LogP contribution in [0, 0.1) is 5.92 Å². The number of hydrogen-bond donors (Lipinski definition) is 2. The summed E-state index contributed by atoms with van der Waals surface area (Å²) in [5.74, 6) is 0.210. The molecule has 102 valence electrons. The molecule has 0 radical (unpaired) electrons. The highest BCUT2D eigenvalue weighted by Crippen LogP contribution is 2.23. The Labute approximate surface area is 114 Å². The normalized spacial score (nSPS) is 13.9. The van der Waals surface area contributed by atoms with E-state index in [1.807, 2.05) is 20.8 Å². The third kappa shape index (κ3) is 3.68. The molecule has 0 spiro atoms. The Hall–Kier alpha value is -0.620. The molecule has 4 nitrogen and oxygen atoms in total. The van der Waals surface area contributed by atoms with Crippen molar-refractivity contribution >= 4 is 21.6 Å². The van der Waals surface area contributed by atoms with E-state index in [0.717, 1.165) is 5.56 Å². The molecular weight excluding hydrogens is 272 g/mol. The Balaban J connectivity index is 3.06. The van der Waals surface area contributed by atoms with Gasteiger partial charge in [-0.2, -0.15) is 0 Å². The zero-order chi connectivity index (χ0) is 13.9. The molecule has 0 aromatic heterocycles. The maximum Gasteiger partial charge on any atom is 0.242 e. The van der Waals surface area contributed by atoms with Gasteiger partial charge in [-0.3, -0.25) is 0 Å². The topological polar surface area (TPSA) is 72.2 Å². The van der Waals surface area contributed by atoms with E-state index in [4.69, 9.17) is 17.3 Å². The number of rotatable bonds is 5. The maximum absolute atomic E-state index is 12.1. The van der Waals surface area contributed by atoms with Crippen molar-refractivity contribution in [3.63, 3.8) is 0 Å². The Morgan fingerprint density at radius 3 is 2.39 bits per heavy atom. The van der Waals surface area contributed by atoms with Gasteiger partial charge >= 0.3 is 0 Å². The predicted octanol–water partition coefficient (Wildman–Crippen LogP) is 2.12. The average Bonchev–Trinajstić information content (AvgIpc) is 2.27. The van der Waals surface area contributed by atoms with Crippen LogP contribution >= 0.6 is 11.6 Å². The number of nitrogens with two attached hydrogens (primary N) is 1. The fraction of sp³-hybridized carbons (Fsp3) is 0.500. The number of hydrogen-bond acceptors (Lipinski definition) is 3. The van der Waals surface area contributed by atoms with Gasteiger partial charge in [0, 0.05) is 12.6 Å². The van der Waals surface area contributed by atoms with Crippen molar-refractivity contribution in [3.8, 4) is 0 Å². The van der Waals surface area contributed by atoms with Gasteiger partial charge in [0.05, 0.1) is 5.02 Å². The van der Waals surface area contributed by atoms with E-state index in [9.17, 15) is 8.42 Å². The summed E-state index contributed by atoms with van der Waals surface area (Å²) in [6.45, 7) is 6.05. The minimum Gasteiger partial charge on any atom is -0.326 e. The average molecular weight is 291 g/mol. The van der Waals surface area contributed by atoms with Crippen molar-refractivity contribution in [2.24, 2.45) is 11.7 Å². The van der Waals surface area contributed by atoms with Gasteiger partial charge in [0.25, 0.3) is 0 Å². The molecule has 0 aliphatic rings. The van der Waals surface area contributed by atoms with Gasteiger partial charge in [-0.05, 0) is 30.5 Å². The van der Waals surface area contributed by atoms with Crippen LogP contribution in [0.3, 0.4) is 0 Å². The zero-order valence-electron chi connectivity index (χ0n) is 10.8. The largest absolute Gasteiger partial charge is 0.326 e. The summed E-state index contributed by atoms with van der Waals surface area (Å²) in [4.78, 5) is 0.0915. The van der Waals surface area contributed by atoms with Crippen LogP contribution in [0.5, 0.6) is 0 Å². The van der Waals surface area contributed by atoms with E-state index >= 15 is 0 Å². The fourth-order valence-electron chi connectivity index (χ4n) is 1.33. The molecule has 6 heteroatoms. The van der Waals surface area contributed by atoms with Gasteiger partial charge < -0.3 is 5.73 Å². The lowest BCUT2D eigenvalue weighted by atomic mass is 10.1. The highest BCUT2D eigenvalue weighted by Gasteiger charge is 2.21. The zero-order valence-corrected chi connectivity index (χ0v) is 12.3. The smallest absolute Gasteiger partial charge is 0.242 e. The van der Waals surface area contributed by atoms with Crippen molar-refractivity contribution in [2.45, 2.75) is 38.3 Å². The molecule has 0 fully saturated rings. The summed E-state index contributed by atoms with van der Waals surface area (Å²) in [5.41, 5.74) is 6.28. The van der Waals surface area contributed by atoms with Gasteiger partial charge in [-0.15, -0.1) is 0 Å². The first-order chi connectivity index (χ1) is 8.27. The van der Waals surface area contributed by atoms with Crippen molar-refractivity contribution in [1.29, 1.82) is 0 Å². The van der Waals surface area contributed by atoms with E-state index in [-0.39, 0.29) is 21.9 Å². The number of benzene rings is 1. The van der Waals surface area contributed by atoms with E-state index in [1.54, 1.807) is 12.1 Å². The molecule has 1 atom stereocenters. The van der Waals surface area contributed by atoms with Crippen molar-refractivity contribution in [2.75, 3.05) is 0 Å². The minimum absolute atomic E-state index is 0.0915. The Kier molecular flexibility index (Phi) is 5.16.